The van der Waals surface area contributed by atoms with Gasteiger partial charge in [-0.05, 0) is 62.6 Å². The molecule has 2 amide bonds. The van der Waals surface area contributed by atoms with E-state index in [1.54, 1.807) is 0 Å². The van der Waals surface area contributed by atoms with Gasteiger partial charge in [0, 0.05) is 58.9 Å². The molecule has 0 atom stereocenters. The number of piperidine rings is 1. The Morgan fingerprint density at radius 1 is 1.00 bits per heavy atom. The van der Waals surface area contributed by atoms with Crippen LogP contribution in [0.25, 0.3) is 21.8 Å². The third-order valence-electron chi connectivity index (χ3n) is 7.20. The Morgan fingerprint density at radius 2 is 1.71 bits per heavy atom. The Labute approximate surface area is 206 Å². The highest BCUT2D eigenvalue weighted by Gasteiger charge is 2.26. The first-order chi connectivity index (χ1) is 17.1. The normalized spacial score (nSPS) is 14.9. The SMILES string of the molecule is CCn1c2ccccc2c2cc(NC(=O)CN3CCC(N(C=O)c4ccccc4C)CC3)ccc21. The molecule has 0 saturated carbocycles. The van der Waals surface area contributed by atoms with Crippen molar-refractivity contribution >= 4 is 45.5 Å². The van der Waals surface area contributed by atoms with E-state index < -0.39 is 0 Å². The first-order valence-corrected chi connectivity index (χ1v) is 12.4. The van der Waals surface area contributed by atoms with E-state index >= 15 is 0 Å². The van der Waals surface area contributed by atoms with E-state index in [4.69, 9.17) is 0 Å². The zero-order valence-electron chi connectivity index (χ0n) is 20.4. The number of nitrogens with one attached hydrogen (secondary N) is 1. The number of likely N-dealkylation sites (tertiary alicyclic amines) is 1. The van der Waals surface area contributed by atoms with Gasteiger partial charge in [0.1, 0.15) is 0 Å². The number of para-hydroxylation sites is 2. The molecule has 0 aliphatic carbocycles. The van der Waals surface area contributed by atoms with Crippen LogP contribution in [0.1, 0.15) is 25.3 Å². The van der Waals surface area contributed by atoms with Gasteiger partial charge in [-0.15, -0.1) is 0 Å². The minimum Gasteiger partial charge on any atom is -0.341 e. The molecule has 1 aliphatic rings. The molecule has 1 aliphatic heterocycles. The van der Waals surface area contributed by atoms with E-state index in [9.17, 15) is 9.59 Å². The Hall–Kier alpha value is -3.64. The van der Waals surface area contributed by atoms with E-state index in [-0.39, 0.29) is 11.9 Å². The molecule has 6 nitrogen and oxygen atoms in total. The fraction of sp³-hybridized carbons (Fsp3) is 0.310. The van der Waals surface area contributed by atoms with Crippen LogP contribution < -0.4 is 10.2 Å². The molecule has 180 valence electrons. The molecule has 3 aromatic carbocycles. The van der Waals surface area contributed by atoms with Crippen LogP contribution in [-0.2, 0) is 16.1 Å². The van der Waals surface area contributed by atoms with Crippen LogP contribution >= 0.6 is 0 Å². The van der Waals surface area contributed by atoms with Crippen LogP contribution in [-0.4, -0.2) is 47.5 Å². The number of hydrogen-bond acceptors (Lipinski definition) is 3. The zero-order chi connectivity index (χ0) is 24.4. The van der Waals surface area contributed by atoms with Gasteiger partial charge in [-0.25, -0.2) is 0 Å². The number of anilines is 2. The topological polar surface area (TPSA) is 57.6 Å². The average molecular weight is 469 g/mol. The van der Waals surface area contributed by atoms with Crippen molar-refractivity contribution in [3.8, 4) is 0 Å². The van der Waals surface area contributed by atoms with Crippen molar-refractivity contribution in [2.75, 3.05) is 29.9 Å². The monoisotopic (exact) mass is 468 g/mol. The van der Waals surface area contributed by atoms with E-state index in [1.807, 2.05) is 42.2 Å². The van der Waals surface area contributed by atoms with Crippen molar-refractivity contribution in [3.05, 3.63) is 72.3 Å². The summed E-state index contributed by atoms with van der Waals surface area (Å²) in [6.07, 6.45) is 2.65. The molecule has 1 N–H and O–H groups in total. The molecule has 1 aromatic heterocycles. The van der Waals surface area contributed by atoms with Crippen molar-refractivity contribution in [2.45, 2.75) is 39.3 Å². The highest BCUT2D eigenvalue weighted by Crippen LogP contribution is 2.31. The zero-order valence-corrected chi connectivity index (χ0v) is 20.4. The number of benzene rings is 3. The molecule has 5 rings (SSSR count). The van der Waals surface area contributed by atoms with Gasteiger partial charge in [0.05, 0.1) is 6.54 Å². The van der Waals surface area contributed by atoms with Crippen molar-refractivity contribution in [2.24, 2.45) is 0 Å². The number of carbonyl (C=O) groups is 2. The molecule has 4 aromatic rings. The Morgan fingerprint density at radius 3 is 2.46 bits per heavy atom. The molecule has 1 fully saturated rings. The van der Waals surface area contributed by atoms with Gasteiger partial charge in [0.25, 0.3) is 0 Å². The lowest BCUT2D eigenvalue weighted by molar-refractivity contribution is -0.117. The molecule has 0 radical (unpaired) electrons. The van der Waals surface area contributed by atoms with Crippen LogP contribution in [0.15, 0.2) is 66.7 Å². The number of nitrogens with zero attached hydrogens (tertiary/aromatic N) is 3. The van der Waals surface area contributed by atoms with Gasteiger partial charge in [0.2, 0.25) is 12.3 Å². The molecular weight excluding hydrogens is 436 g/mol. The molecule has 2 heterocycles. The fourth-order valence-electron chi connectivity index (χ4n) is 5.42. The lowest BCUT2D eigenvalue weighted by Crippen LogP contribution is -2.46. The molecule has 0 spiro atoms. The average Bonchev–Trinajstić information content (AvgIpc) is 3.19. The Kier molecular flexibility index (Phi) is 6.55. The fourth-order valence-corrected chi connectivity index (χ4v) is 5.42. The molecule has 0 bridgehead atoms. The number of fused-ring (bicyclic) bond motifs is 3. The number of aromatic nitrogens is 1. The Balaban J connectivity index is 1.22. The second kappa shape index (κ2) is 9.92. The second-order valence-corrected chi connectivity index (χ2v) is 9.35. The van der Waals surface area contributed by atoms with Crippen LogP contribution in [0, 0.1) is 6.92 Å². The third kappa shape index (κ3) is 4.54. The molecule has 1 saturated heterocycles. The van der Waals surface area contributed by atoms with Crippen LogP contribution in [0.2, 0.25) is 0 Å². The van der Waals surface area contributed by atoms with E-state index in [1.165, 1.54) is 16.4 Å². The van der Waals surface area contributed by atoms with E-state index in [2.05, 4.69) is 58.1 Å². The summed E-state index contributed by atoms with van der Waals surface area (Å²) in [4.78, 5) is 28.7. The molecule has 6 heteroatoms. The second-order valence-electron chi connectivity index (χ2n) is 9.35. The number of carbonyl (C=O) groups excluding carboxylic acids is 2. The summed E-state index contributed by atoms with van der Waals surface area (Å²) in [5.41, 5.74) is 5.29. The maximum Gasteiger partial charge on any atom is 0.238 e. The number of aryl methyl sites for hydroxylation is 2. The van der Waals surface area contributed by atoms with Crippen molar-refractivity contribution in [1.82, 2.24) is 9.47 Å². The number of amides is 2. The maximum absolute atomic E-state index is 12.9. The smallest absolute Gasteiger partial charge is 0.238 e. The molecule has 35 heavy (non-hydrogen) atoms. The van der Waals surface area contributed by atoms with Crippen molar-refractivity contribution < 1.29 is 9.59 Å². The first kappa shape index (κ1) is 23.1. The predicted octanol–water partition coefficient (Wildman–Crippen LogP) is 5.19. The van der Waals surface area contributed by atoms with E-state index in [0.29, 0.717) is 6.54 Å². The van der Waals surface area contributed by atoms with Gasteiger partial charge in [-0.1, -0.05) is 36.4 Å². The summed E-state index contributed by atoms with van der Waals surface area (Å²) in [5, 5.41) is 5.46. The number of hydrogen-bond donors (Lipinski definition) is 1. The van der Waals surface area contributed by atoms with Crippen LogP contribution in [0.3, 0.4) is 0 Å². The Bertz CT molecular complexity index is 1370. The lowest BCUT2D eigenvalue weighted by Gasteiger charge is -2.37. The van der Waals surface area contributed by atoms with Gasteiger partial charge < -0.3 is 14.8 Å². The summed E-state index contributed by atoms with van der Waals surface area (Å²) in [6.45, 7) is 7.02. The minimum absolute atomic E-state index is 0.00632. The summed E-state index contributed by atoms with van der Waals surface area (Å²) in [6, 6.07) is 22.7. The lowest BCUT2D eigenvalue weighted by atomic mass is 10.0. The van der Waals surface area contributed by atoms with Crippen LogP contribution in [0.5, 0.6) is 0 Å². The largest absolute Gasteiger partial charge is 0.341 e. The predicted molar refractivity (Wildman–Crippen MR) is 143 cm³/mol. The highest BCUT2D eigenvalue weighted by molar-refractivity contribution is 6.09. The maximum atomic E-state index is 12.9. The van der Waals surface area contributed by atoms with Crippen molar-refractivity contribution in [3.63, 3.8) is 0 Å². The van der Waals surface area contributed by atoms with Crippen molar-refractivity contribution in [1.29, 1.82) is 0 Å². The van der Waals surface area contributed by atoms with Gasteiger partial charge in [0.15, 0.2) is 0 Å². The minimum atomic E-state index is -0.00632. The quantitative estimate of drug-likeness (QED) is 0.380. The first-order valence-electron chi connectivity index (χ1n) is 12.4. The molecule has 0 unspecified atom stereocenters. The van der Waals surface area contributed by atoms with Gasteiger partial charge >= 0.3 is 0 Å². The van der Waals surface area contributed by atoms with Gasteiger partial charge in [-0.3, -0.25) is 14.5 Å². The van der Waals surface area contributed by atoms with E-state index in [0.717, 1.165) is 61.2 Å². The van der Waals surface area contributed by atoms with Gasteiger partial charge in [-0.2, -0.15) is 0 Å². The standard InChI is InChI=1S/C29H32N4O2/c1-3-32-27-11-7-5-9-24(27)25-18-22(12-13-28(25)32)30-29(35)19-31-16-14-23(15-17-31)33(20-34)26-10-6-4-8-21(26)2/h4-13,18,20,23H,3,14-17,19H2,1-2H3,(H,30,35). The summed E-state index contributed by atoms with van der Waals surface area (Å²) in [5.74, 6) is -0.00632. The summed E-state index contributed by atoms with van der Waals surface area (Å²) >= 11 is 0. The number of rotatable bonds is 7. The molecular formula is C29H32N4O2. The summed E-state index contributed by atoms with van der Waals surface area (Å²) in [7, 11) is 0. The van der Waals surface area contributed by atoms with Crippen LogP contribution in [0.4, 0.5) is 11.4 Å². The highest BCUT2D eigenvalue weighted by atomic mass is 16.2. The summed E-state index contributed by atoms with van der Waals surface area (Å²) < 4.78 is 2.31. The third-order valence-corrected chi connectivity index (χ3v) is 7.20.